The number of rotatable bonds is 6. The van der Waals surface area contributed by atoms with E-state index in [1.54, 1.807) is 12.1 Å². The Kier molecular flexibility index (Phi) is 5.15. The van der Waals surface area contributed by atoms with Crippen molar-refractivity contribution in [1.29, 1.82) is 0 Å². The van der Waals surface area contributed by atoms with Gasteiger partial charge in [0.1, 0.15) is 11.6 Å². The van der Waals surface area contributed by atoms with E-state index in [-0.39, 0.29) is 11.7 Å². The van der Waals surface area contributed by atoms with E-state index in [1.165, 1.54) is 18.4 Å². The summed E-state index contributed by atoms with van der Waals surface area (Å²) in [5.74, 6) is 0.995. The number of thiophene rings is 1. The number of para-hydroxylation sites is 1. The average Bonchev–Trinajstić information content (AvgIpc) is 3.07. The molecule has 0 atom stereocenters. The number of aromatic nitrogens is 1. The van der Waals surface area contributed by atoms with Crippen LogP contribution in [0.5, 0.6) is 16.7 Å². The van der Waals surface area contributed by atoms with Crippen molar-refractivity contribution in [2.75, 3.05) is 12.8 Å². The van der Waals surface area contributed by atoms with Crippen molar-refractivity contribution in [3.8, 4) is 16.7 Å². The first-order valence-corrected chi connectivity index (χ1v) is 8.37. The Bertz CT molecular complexity index is 865. The summed E-state index contributed by atoms with van der Waals surface area (Å²) in [5, 5.41) is 3.59. The van der Waals surface area contributed by atoms with Crippen molar-refractivity contribution >= 4 is 23.1 Å². The Morgan fingerprint density at radius 2 is 1.96 bits per heavy atom. The van der Waals surface area contributed by atoms with Gasteiger partial charge in [-0.3, -0.25) is 4.79 Å². The maximum atomic E-state index is 12.2. The van der Waals surface area contributed by atoms with Crippen molar-refractivity contribution in [2.24, 2.45) is 0 Å². The highest BCUT2D eigenvalue weighted by atomic mass is 32.1. The van der Waals surface area contributed by atoms with Gasteiger partial charge in [-0.1, -0.05) is 18.2 Å². The van der Waals surface area contributed by atoms with Gasteiger partial charge in [-0.2, -0.15) is 4.98 Å². The van der Waals surface area contributed by atoms with E-state index in [0.717, 1.165) is 15.7 Å². The molecule has 0 aliphatic heterocycles. The monoisotopic (exact) mass is 355 g/mol. The predicted octanol–water partition coefficient (Wildman–Crippen LogP) is 3.46. The Labute approximate surface area is 149 Å². The van der Waals surface area contributed by atoms with Crippen LogP contribution in [0.2, 0.25) is 0 Å². The largest absolute Gasteiger partial charge is 0.481 e. The van der Waals surface area contributed by atoms with Crippen LogP contribution >= 0.6 is 11.3 Å². The van der Waals surface area contributed by atoms with Gasteiger partial charge >= 0.3 is 0 Å². The molecule has 2 aromatic heterocycles. The number of nitrogens with one attached hydrogen (secondary N) is 1. The van der Waals surface area contributed by atoms with Crippen LogP contribution < -0.4 is 20.5 Å². The highest BCUT2D eigenvalue weighted by molar-refractivity contribution is 7.13. The maximum Gasteiger partial charge on any atom is 0.255 e. The fraction of sp³-hybridized carbons (Fsp3) is 0.111. The van der Waals surface area contributed by atoms with Crippen LogP contribution in [0.1, 0.15) is 15.2 Å². The minimum atomic E-state index is -0.286. The molecule has 0 bridgehead atoms. The SMILES string of the molecule is COc1ccc(C(=O)NCc2ccc(Oc3ccccc3)s2)c(N)n1. The number of pyridine rings is 1. The summed E-state index contributed by atoms with van der Waals surface area (Å²) in [4.78, 5) is 17.2. The third kappa shape index (κ3) is 4.27. The fourth-order valence-corrected chi connectivity index (χ4v) is 2.95. The quantitative estimate of drug-likeness (QED) is 0.707. The van der Waals surface area contributed by atoms with Gasteiger partial charge in [-0.05, 0) is 30.3 Å². The lowest BCUT2D eigenvalue weighted by molar-refractivity contribution is 0.0952. The van der Waals surface area contributed by atoms with Gasteiger partial charge in [0.2, 0.25) is 5.88 Å². The highest BCUT2D eigenvalue weighted by Gasteiger charge is 2.12. The molecule has 3 N–H and O–H groups in total. The van der Waals surface area contributed by atoms with Gasteiger partial charge in [-0.15, -0.1) is 11.3 Å². The molecule has 1 aromatic carbocycles. The van der Waals surface area contributed by atoms with Crippen molar-refractivity contribution in [3.63, 3.8) is 0 Å². The maximum absolute atomic E-state index is 12.2. The first-order chi connectivity index (χ1) is 12.2. The van der Waals surface area contributed by atoms with Gasteiger partial charge in [-0.25, -0.2) is 0 Å². The molecule has 3 rings (SSSR count). The summed E-state index contributed by atoms with van der Waals surface area (Å²) >= 11 is 1.47. The number of hydrogen-bond donors (Lipinski definition) is 2. The molecule has 7 heteroatoms. The zero-order valence-corrected chi connectivity index (χ0v) is 14.4. The molecule has 0 radical (unpaired) electrons. The number of amides is 1. The van der Waals surface area contributed by atoms with Crippen LogP contribution in [0.25, 0.3) is 0 Å². The minimum Gasteiger partial charge on any atom is -0.481 e. The second kappa shape index (κ2) is 7.67. The Morgan fingerprint density at radius 3 is 2.68 bits per heavy atom. The summed E-state index contributed by atoms with van der Waals surface area (Å²) in [6.07, 6.45) is 0. The first-order valence-electron chi connectivity index (χ1n) is 7.56. The van der Waals surface area contributed by atoms with Crippen LogP contribution in [0.4, 0.5) is 5.82 Å². The van der Waals surface area contributed by atoms with Crippen LogP contribution in [0.3, 0.4) is 0 Å². The first kappa shape index (κ1) is 16.8. The fourth-order valence-electron chi connectivity index (χ4n) is 2.14. The molecule has 3 aromatic rings. The van der Waals surface area contributed by atoms with E-state index in [2.05, 4.69) is 10.3 Å². The van der Waals surface area contributed by atoms with Crippen molar-refractivity contribution in [3.05, 3.63) is 65.0 Å². The molecule has 0 aliphatic rings. The Balaban J connectivity index is 1.59. The van der Waals surface area contributed by atoms with Gasteiger partial charge in [0.25, 0.3) is 5.91 Å². The van der Waals surface area contributed by atoms with Gasteiger partial charge in [0, 0.05) is 10.9 Å². The van der Waals surface area contributed by atoms with Crippen molar-refractivity contribution < 1.29 is 14.3 Å². The highest BCUT2D eigenvalue weighted by Crippen LogP contribution is 2.29. The minimum absolute atomic E-state index is 0.135. The smallest absolute Gasteiger partial charge is 0.255 e. The van der Waals surface area contributed by atoms with Crippen LogP contribution in [-0.4, -0.2) is 18.0 Å². The van der Waals surface area contributed by atoms with Crippen LogP contribution in [0.15, 0.2) is 54.6 Å². The van der Waals surface area contributed by atoms with E-state index in [4.69, 9.17) is 15.2 Å². The zero-order valence-electron chi connectivity index (χ0n) is 13.6. The predicted molar refractivity (Wildman–Crippen MR) is 97.2 cm³/mol. The van der Waals surface area contributed by atoms with E-state index in [9.17, 15) is 4.79 Å². The van der Waals surface area contributed by atoms with E-state index >= 15 is 0 Å². The molecule has 128 valence electrons. The molecule has 0 aliphatic carbocycles. The third-order valence-corrected chi connectivity index (χ3v) is 4.34. The van der Waals surface area contributed by atoms with E-state index < -0.39 is 0 Å². The molecule has 2 heterocycles. The van der Waals surface area contributed by atoms with Crippen molar-refractivity contribution in [1.82, 2.24) is 10.3 Å². The number of carbonyl (C=O) groups is 1. The summed E-state index contributed by atoms with van der Waals surface area (Å²) in [7, 11) is 1.49. The number of nitrogens with two attached hydrogens (primary N) is 1. The third-order valence-electron chi connectivity index (χ3n) is 3.37. The summed E-state index contributed by atoms with van der Waals surface area (Å²) in [6.45, 7) is 0.382. The number of anilines is 1. The lowest BCUT2D eigenvalue weighted by Crippen LogP contribution is -2.23. The second-order valence-electron chi connectivity index (χ2n) is 5.10. The number of carbonyl (C=O) groups excluding carboxylic acids is 1. The van der Waals surface area contributed by atoms with Gasteiger partial charge in [0.15, 0.2) is 5.06 Å². The van der Waals surface area contributed by atoms with Crippen LogP contribution in [0, 0.1) is 0 Å². The number of ether oxygens (including phenoxy) is 2. The Morgan fingerprint density at radius 1 is 1.16 bits per heavy atom. The molecule has 0 unspecified atom stereocenters. The van der Waals surface area contributed by atoms with Gasteiger partial charge in [0.05, 0.1) is 19.2 Å². The normalized spacial score (nSPS) is 10.3. The molecule has 0 saturated carbocycles. The molecule has 0 fully saturated rings. The van der Waals surface area contributed by atoms with E-state index in [1.807, 2.05) is 42.5 Å². The summed E-state index contributed by atoms with van der Waals surface area (Å²) < 4.78 is 10.7. The van der Waals surface area contributed by atoms with E-state index in [0.29, 0.717) is 18.0 Å². The number of nitrogens with zero attached hydrogens (tertiary/aromatic N) is 1. The second-order valence-corrected chi connectivity index (χ2v) is 6.24. The molecule has 0 spiro atoms. The number of nitrogen functional groups attached to an aromatic ring is 1. The zero-order chi connectivity index (χ0) is 17.6. The summed E-state index contributed by atoms with van der Waals surface area (Å²) in [5.41, 5.74) is 6.11. The lowest BCUT2D eigenvalue weighted by Gasteiger charge is -2.07. The molecule has 1 amide bonds. The Hall–Kier alpha value is -3.06. The summed E-state index contributed by atoms with van der Waals surface area (Å²) in [6, 6.07) is 16.5. The van der Waals surface area contributed by atoms with Crippen molar-refractivity contribution in [2.45, 2.75) is 6.54 Å². The topological polar surface area (TPSA) is 86.5 Å². The average molecular weight is 355 g/mol. The van der Waals surface area contributed by atoms with Gasteiger partial charge < -0.3 is 20.5 Å². The molecular weight excluding hydrogens is 338 g/mol. The molecular formula is C18H17N3O3S. The molecule has 6 nitrogen and oxygen atoms in total. The molecule has 0 saturated heterocycles. The number of benzene rings is 1. The lowest BCUT2D eigenvalue weighted by atomic mass is 10.2. The standard InChI is InChI=1S/C18H17N3O3S/c1-23-15-9-8-14(17(19)21-15)18(22)20-11-13-7-10-16(25-13)24-12-5-3-2-4-6-12/h2-10H,11H2,1H3,(H2,19,21)(H,20,22). The number of methoxy groups -OCH3 is 1. The molecule has 25 heavy (non-hydrogen) atoms. The van der Waals surface area contributed by atoms with Crippen LogP contribution in [-0.2, 0) is 6.54 Å². The number of hydrogen-bond acceptors (Lipinski definition) is 6.